The summed E-state index contributed by atoms with van der Waals surface area (Å²) in [4.78, 5) is 13.5. The Hall–Kier alpha value is -0.830. The lowest BCUT2D eigenvalue weighted by atomic mass is 10.1. The lowest BCUT2D eigenvalue weighted by Crippen LogP contribution is -2.32. The first-order chi connectivity index (χ1) is 9.24. The molecule has 0 aromatic heterocycles. The molecule has 3 nitrogen and oxygen atoms in total. The number of esters is 1. The van der Waals surface area contributed by atoms with Crippen LogP contribution in [0.3, 0.4) is 0 Å². The van der Waals surface area contributed by atoms with E-state index in [0.29, 0.717) is 13.2 Å². The summed E-state index contributed by atoms with van der Waals surface area (Å²) in [7, 11) is 0. The molecule has 0 bridgehead atoms. The molecule has 0 N–H and O–H groups in total. The van der Waals surface area contributed by atoms with E-state index >= 15 is 0 Å². The highest BCUT2D eigenvalue weighted by Gasteiger charge is 2.09. The highest BCUT2D eigenvalue weighted by atomic mass is 16.5. The highest BCUT2D eigenvalue weighted by molar-refractivity contribution is 5.71. The van der Waals surface area contributed by atoms with Crippen LogP contribution >= 0.6 is 0 Å². The van der Waals surface area contributed by atoms with Gasteiger partial charge in [-0.05, 0) is 19.9 Å². The fourth-order valence-corrected chi connectivity index (χ4v) is 2.10. The van der Waals surface area contributed by atoms with Crippen molar-refractivity contribution >= 4 is 5.97 Å². The summed E-state index contributed by atoms with van der Waals surface area (Å²) in [6, 6.07) is 0. The summed E-state index contributed by atoms with van der Waals surface area (Å²) < 4.78 is 4.98. The number of carbonyl (C=O) groups is 1. The van der Waals surface area contributed by atoms with Crippen molar-refractivity contribution in [2.75, 3.05) is 26.2 Å². The van der Waals surface area contributed by atoms with E-state index in [4.69, 9.17) is 4.74 Å². The monoisotopic (exact) mass is 269 g/mol. The second-order valence-corrected chi connectivity index (χ2v) is 4.95. The Morgan fingerprint density at radius 3 is 2.32 bits per heavy atom. The van der Waals surface area contributed by atoms with Gasteiger partial charge in [-0.3, -0.25) is 9.69 Å². The largest absolute Gasteiger partial charge is 0.465 e. The van der Waals surface area contributed by atoms with Gasteiger partial charge in [0.25, 0.3) is 0 Å². The van der Waals surface area contributed by atoms with E-state index in [0.717, 1.165) is 19.5 Å². The lowest BCUT2D eigenvalue weighted by molar-refractivity contribution is -0.144. The van der Waals surface area contributed by atoms with Gasteiger partial charge in [0, 0.05) is 6.54 Å². The first-order valence-corrected chi connectivity index (χ1v) is 7.73. The van der Waals surface area contributed by atoms with Gasteiger partial charge >= 0.3 is 5.97 Å². The molecule has 0 heterocycles. The molecule has 3 heteroatoms. The maximum absolute atomic E-state index is 11.4. The van der Waals surface area contributed by atoms with Crippen LogP contribution in [0, 0.1) is 0 Å². The van der Waals surface area contributed by atoms with Gasteiger partial charge in [-0.1, -0.05) is 51.5 Å². The van der Waals surface area contributed by atoms with Gasteiger partial charge in [-0.2, -0.15) is 0 Å². The van der Waals surface area contributed by atoms with Gasteiger partial charge in [0.05, 0.1) is 13.2 Å². The Balaban J connectivity index is 3.64. The number of unbranched alkanes of at least 4 members (excludes halogenated alkanes) is 6. The van der Waals surface area contributed by atoms with Crippen LogP contribution in [0.25, 0.3) is 0 Å². The molecule has 0 aromatic rings. The zero-order valence-electron chi connectivity index (χ0n) is 12.8. The third-order valence-electron chi connectivity index (χ3n) is 3.12. The van der Waals surface area contributed by atoms with E-state index in [-0.39, 0.29) is 5.97 Å². The molecular formula is C16H31NO2. The molecule has 0 aliphatic heterocycles. The molecule has 0 unspecified atom stereocenters. The van der Waals surface area contributed by atoms with Crippen molar-refractivity contribution in [2.45, 2.75) is 58.8 Å². The molecule has 0 amide bonds. The van der Waals surface area contributed by atoms with Crippen LogP contribution < -0.4 is 0 Å². The third kappa shape index (κ3) is 12.0. The van der Waals surface area contributed by atoms with Crippen LogP contribution in [0.1, 0.15) is 58.8 Å². The van der Waals surface area contributed by atoms with E-state index in [1.807, 2.05) is 13.0 Å². The summed E-state index contributed by atoms with van der Waals surface area (Å²) in [5.74, 6) is -0.132. The van der Waals surface area contributed by atoms with Crippen LogP contribution in [-0.4, -0.2) is 37.1 Å². The highest BCUT2D eigenvalue weighted by Crippen LogP contribution is 2.07. The summed E-state index contributed by atoms with van der Waals surface area (Å²) in [5, 5.41) is 0. The fourth-order valence-electron chi connectivity index (χ4n) is 2.10. The van der Waals surface area contributed by atoms with Crippen molar-refractivity contribution < 1.29 is 9.53 Å². The van der Waals surface area contributed by atoms with Crippen LogP contribution in [0.2, 0.25) is 0 Å². The Labute approximate surface area is 119 Å². The van der Waals surface area contributed by atoms with Crippen molar-refractivity contribution in [3.8, 4) is 0 Å². The normalized spacial score (nSPS) is 10.7. The summed E-state index contributed by atoms with van der Waals surface area (Å²) in [5.41, 5.74) is 0. The molecule has 0 rings (SSSR count). The molecule has 0 aliphatic carbocycles. The Kier molecular flexibility index (Phi) is 13.0. The first kappa shape index (κ1) is 18.2. The molecule has 112 valence electrons. The average Bonchev–Trinajstić information content (AvgIpc) is 2.38. The predicted molar refractivity (Wildman–Crippen MR) is 81.3 cm³/mol. The molecule has 0 radical (unpaired) electrons. The number of nitrogens with zero attached hydrogens (tertiary/aromatic N) is 1. The van der Waals surface area contributed by atoms with Crippen molar-refractivity contribution in [1.82, 2.24) is 4.90 Å². The minimum atomic E-state index is -0.132. The maximum atomic E-state index is 11.4. The molecule has 0 aliphatic rings. The average molecular weight is 269 g/mol. The minimum Gasteiger partial charge on any atom is -0.465 e. The zero-order valence-corrected chi connectivity index (χ0v) is 12.8. The van der Waals surface area contributed by atoms with Gasteiger partial charge in [0.1, 0.15) is 0 Å². The molecule has 0 fully saturated rings. The van der Waals surface area contributed by atoms with E-state index in [2.05, 4.69) is 18.4 Å². The maximum Gasteiger partial charge on any atom is 0.320 e. The van der Waals surface area contributed by atoms with Crippen LogP contribution in [0.15, 0.2) is 12.7 Å². The fraction of sp³-hybridized carbons (Fsp3) is 0.812. The predicted octanol–water partition coefficient (Wildman–Crippen LogP) is 3.79. The zero-order chi connectivity index (χ0) is 14.3. The van der Waals surface area contributed by atoms with E-state index in [9.17, 15) is 4.79 Å². The van der Waals surface area contributed by atoms with Gasteiger partial charge in [-0.25, -0.2) is 0 Å². The van der Waals surface area contributed by atoms with Crippen molar-refractivity contribution in [1.29, 1.82) is 0 Å². The number of hydrogen-bond acceptors (Lipinski definition) is 3. The number of ether oxygens (including phenoxy) is 1. The van der Waals surface area contributed by atoms with Crippen LogP contribution in [-0.2, 0) is 9.53 Å². The Bertz CT molecular complexity index is 229. The van der Waals surface area contributed by atoms with Crippen molar-refractivity contribution in [3.63, 3.8) is 0 Å². The smallest absolute Gasteiger partial charge is 0.320 e. The second kappa shape index (κ2) is 13.6. The topological polar surface area (TPSA) is 29.5 Å². The molecule has 0 saturated carbocycles. The quantitative estimate of drug-likeness (QED) is 0.289. The Morgan fingerprint density at radius 2 is 1.74 bits per heavy atom. The number of hydrogen-bond donors (Lipinski definition) is 0. The van der Waals surface area contributed by atoms with Gasteiger partial charge in [0.15, 0.2) is 0 Å². The summed E-state index contributed by atoms with van der Waals surface area (Å²) in [6.45, 7) is 10.4. The standard InChI is InChI=1S/C16H31NO2/c1-4-7-8-9-10-11-12-14-17(13-5-2)15-16(18)19-6-3/h5H,2,4,6-15H2,1,3H3. The van der Waals surface area contributed by atoms with Crippen LogP contribution in [0.4, 0.5) is 0 Å². The van der Waals surface area contributed by atoms with E-state index in [1.54, 1.807) is 0 Å². The van der Waals surface area contributed by atoms with Crippen molar-refractivity contribution in [3.05, 3.63) is 12.7 Å². The number of rotatable bonds is 13. The SMILES string of the molecule is C=CCN(CCCCCCCCC)CC(=O)OCC. The lowest BCUT2D eigenvalue weighted by Gasteiger charge is -2.19. The second-order valence-electron chi connectivity index (χ2n) is 4.95. The third-order valence-corrected chi connectivity index (χ3v) is 3.12. The van der Waals surface area contributed by atoms with Gasteiger partial charge in [-0.15, -0.1) is 6.58 Å². The Morgan fingerprint density at radius 1 is 1.11 bits per heavy atom. The molecule has 0 atom stereocenters. The van der Waals surface area contributed by atoms with E-state index < -0.39 is 0 Å². The van der Waals surface area contributed by atoms with E-state index in [1.165, 1.54) is 38.5 Å². The minimum absolute atomic E-state index is 0.132. The molecule has 0 spiro atoms. The molecule has 0 saturated heterocycles. The molecule has 0 aromatic carbocycles. The van der Waals surface area contributed by atoms with Crippen LogP contribution in [0.5, 0.6) is 0 Å². The number of carbonyl (C=O) groups excluding carboxylic acids is 1. The summed E-state index contributed by atoms with van der Waals surface area (Å²) in [6.07, 6.45) is 10.9. The first-order valence-electron chi connectivity index (χ1n) is 7.73. The van der Waals surface area contributed by atoms with Gasteiger partial charge < -0.3 is 4.74 Å². The molecule has 19 heavy (non-hydrogen) atoms. The summed E-state index contributed by atoms with van der Waals surface area (Å²) >= 11 is 0. The van der Waals surface area contributed by atoms with Gasteiger partial charge in [0.2, 0.25) is 0 Å². The molecular weight excluding hydrogens is 238 g/mol. The van der Waals surface area contributed by atoms with Crippen molar-refractivity contribution in [2.24, 2.45) is 0 Å².